The van der Waals surface area contributed by atoms with Gasteiger partial charge in [0.05, 0.1) is 6.61 Å². The molecule has 0 spiro atoms. The van der Waals surface area contributed by atoms with Crippen molar-refractivity contribution in [2.24, 2.45) is 0 Å². The molecule has 1 aliphatic rings. The molecule has 1 saturated heterocycles. The van der Waals surface area contributed by atoms with E-state index < -0.39 is 0 Å². The smallest absolute Gasteiger partial charge is 0.409 e. The van der Waals surface area contributed by atoms with Crippen molar-refractivity contribution < 1.29 is 13.9 Å². The Morgan fingerprint density at radius 1 is 1.27 bits per heavy atom. The van der Waals surface area contributed by atoms with E-state index in [0.29, 0.717) is 12.5 Å². The first kappa shape index (κ1) is 14.9. The molecule has 1 fully saturated rings. The number of piperidine rings is 1. The number of amides is 1. The molecule has 22 heavy (non-hydrogen) atoms. The summed E-state index contributed by atoms with van der Waals surface area (Å²) >= 11 is 0. The third-order valence-electron chi connectivity index (χ3n) is 4.39. The number of carbonyl (C=O) groups is 1. The summed E-state index contributed by atoms with van der Waals surface area (Å²) < 4.78 is 11.2. The van der Waals surface area contributed by atoms with E-state index >= 15 is 0 Å². The van der Waals surface area contributed by atoms with Gasteiger partial charge in [-0.2, -0.15) is 0 Å². The maximum atomic E-state index is 11.7. The molecular weight excluding hydrogens is 278 g/mol. The van der Waals surface area contributed by atoms with Gasteiger partial charge in [-0.25, -0.2) is 4.79 Å². The summed E-state index contributed by atoms with van der Waals surface area (Å²) in [6.07, 6.45) is 1.66. The second-order valence-corrected chi connectivity index (χ2v) is 6.11. The predicted octanol–water partition coefficient (Wildman–Crippen LogP) is 4.39. The summed E-state index contributed by atoms with van der Waals surface area (Å²) in [6, 6.07) is 6.49. The Morgan fingerprint density at radius 2 is 2.00 bits per heavy atom. The number of ether oxygens (including phenoxy) is 1. The van der Waals surface area contributed by atoms with Crippen LogP contribution in [0.15, 0.2) is 22.6 Å². The molecule has 1 aromatic carbocycles. The van der Waals surface area contributed by atoms with Crippen LogP contribution in [0.25, 0.3) is 11.0 Å². The molecule has 0 saturated carbocycles. The molecule has 0 atom stereocenters. The molecule has 118 valence electrons. The van der Waals surface area contributed by atoms with E-state index in [1.165, 1.54) is 16.5 Å². The maximum Gasteiger partial charge on any atom is 0.409 e. The van der Waals surface area contributed by atoms with Crippen molar-refractivity contribution in [3.05, 3.63) is 35.1 Å². The number of rotatable bonds is 2. The Labute approximate surface area is 131 Å². The number of benzene rings is 1. The highest BCUT2D eigenvalue weighted by atomic mass is 16.6. The fourth-order valence-electron chi connectivity index (χ4n) is 3.30. The second kappa shape index (κ2) is 6.03. The number of likely N-dealkylation sites (tertiary alicyclic amines) is 1. The Kier molecular flexibility index (Phi) is 4.10. The maximum absolute atomic E-state index is 11.7. The van der Waals surface area contributed by atoms with Crippen LogP contribution in [0.2, 0.25) is 0 Å². The first-order chi connectivity index (χ1) is 10.6. The number of hydrogen-bond acceptors (Lipinski definition) is 3. The molecule has 0 radical (unpaired) electrons. The highest BCUT2D eigenvalue weighted by molar-refractivity contribution is 5.82. The van der Waals surface area contributed by atoms with Crippen LogP contribution in [-0.2, 0) is 4.74 Å². The van der Waals surface area contributed by atoms with E-state index in [1.54, 1.807) is 4.90 Å². The monoisotopic (exact) mass is 301 g/mol. The van der Waals surface area contributed by atoms with Gasteiger partial charge >= 0.3 is 6.09 Å². The molecule has 1 aliphatic heterocycles. The van der Waals surface area contributed by atoms with E-state index in [4.69, 9.17) is 9.15 Å². The third kappa shape index (κ3) is 2.82. The lowest BCUT2D eigenvalue weighted by Gasteiger charge is -2.30. The molecule has 0 unspecified atom stereocenters. The van der Waals surface area contributed by atoms with Crippen LogP contribution >= 0.6 is 0 Å². The van der Waals surface area contributed by atoms with Crippen molar-refractivity contribution in [2.75, 3.05) is 19.7 Å². The van der Waals surface area contributed by atoms with Gasteiger partial charge in [-0.3, -0.25) is 0 Å². The van der Waals surface area contributed by atoms with Crippen molar-refractivity contribution in [1.29, 1.82) is 0 Å². The van der Waals surface area contributed by atoms with Crippen LogP contribution < -0.4 is 0 Å². The number of fused-ring (bicyclic) bond motifs is 1. The summed E-state index contributed by atoms with van der Waals surface area (Å²) in [5, 5.41) is 1.18. The fourth-order valence-corrected chi connectivity index (χ4v) is 3.30. The lowest BCUT2D eigenvalue weighted by atomic mass is 9.94. The topological polar surface area (TPSA) is 42.7 Å². The van der Waals surface area contributed by atoms with Crippen LogP contribution in [0.4, 0.5) is 4.79 Å². The van der Waals surface area contributed by atoms with Gasteiger partial charge in [0.25, 0.3) is 0 Å². The number of nitrogens with zero attached hydrogens (tertiary/aromatic N) is 1. The van der Waals surface area contributed by atoms with E-state index in [1.807, 2.05) is 6.92 Å². The Bertz CT molecular complexity index is 681. The zero-order valence-electron chi connectivity index (χ0n) is 13.5. The SMILES string of the molecule is CCOC(=O)N1CCC(c2cc3cc(C)cc(C)c3o2)CC1. The highest BCUT2D eigenvalue weighted by Crippen LogP contribution is 2.34. The minimum Gasteiger partial charge on any atom is -0.461 e. The molecule has 0 bridgehead atoms. The third-order valence-corrected chi connectivity index (χ3v) is 4.39. The highest BCUT2D eigenvalue weighted by Gasteiger charge is 2.26. The molecule has 3 rings (SSSR count). The summed E-state index contributed by atoms with van der Waals surface area (Å²) in [4.78, 5) is 13.5. The molecule has 1 aromatic heterocycles. The van der Waals surface area contributed by atoms with Gasteiger partial charge in [0.2, 0.25) is 0 Å². The number of furan rings is 1. The van der Waals surface area contributed by atoms with E-state index in [0.717, 1.165) is 37.3 Å². The molecule has 0 N–H and O–H groups in total. The Balaban J connectivity index is 1.74. The van der Waals surface area contributed by atoms with Gasteiger partial charge < -0.3 is 14.1 Å². The Hall–Kier alpha value is -1.97. The molecule has 4 nitrogen and oxygen atoms in total. The normalized spacial score (nSPS) is 16.2. The number of carbonyl (C=O) groups excluding carboxylic acids is 1. The summed E-state index contributed by atoms with van der Waals surface area (Å²) in [5.74, 6) is 1.44. The fraction of sp³-hybridized carbons (Fsp3) is 0.500. The van der Waals surface area contributed by atoms with Gasteiger partial charge in [-0.15, -0.1) is 0 Å². The van der Waals surface area contributed by atoms with Crippen molar-refractivity contribution in [3.63, 3.8) is 0 Å². The first-order valence-electron chi connectivity index (χ1n) is 8.01. The quantitative estimate of drug-likeness (QED) is 0.826. The lowest BCUT2D eigenvalue weighted by Crippen LogP contribution is -2.38. The lowest BCUT2D eigenvalue weighted by molar-refractivity contribution is 0.0959. The van der Waals surface area contributed by atoms with Crippen molar-refractivity contribution >= 4 is 17.1 Å². The zero-order chi connectivity index (χ0) is 15.7. The van der Waals surface area contributed by atoms with Crippen molar-refractivity contribution in [1.82, 2.24) is 4.90 Å². The average Bonchev–Trinajstić information content (AvgIpc) is 2.92. The number of hydrogen-bond donors (Lipinski definition) is 0. The van der Waals surface area contributed by atoms with Crippen molar-refractivity contribution in [2.45, 2.75) is 39.5 Å². The van der Waals surface area contributed by atoms with Crippen LogP contribution in [0.5, 0.6) is 0 Å². The number of aryl methyl sites for hydroxylation is 2. The van der Waals surface area contributed by atoms with Gasteiger partial charge in [0, 0.05) is 24.4 Å². The molecule has 1 amide bonds. The summed E-state index contributed by atoms with van der Waals surface area (Å²) in [5.41, 5.74) is 3.44. The molecule has 0 aliphatic carbocycles. The van der Waals surface area contributed by atoms with Crippen molar-refractivity contribution in [3.8, 4) is 0 Å². The van der Waals surface area contributed by atoms with Crippen LogP contribution in [0.1, 0.15) is 42.6 Å². The minimum atomic E-state index is -0.197. The van der Waals surface area contributed by atoms with Gasteiger partial charge in [-0.05, 0) is 51.3 Å². The zero-order valence-corrected chi connectivity index (χ0v) is 13.5. The standard InChI is InChI=1S/C18H23NO3/c1-4-21-18(20)19-7-5-14(6-8-19)16-11-15-10-12(2)9-13(3)17(15)22-16/h9-11,14H,4-8H2,1-3H3. The van der Waals surface area contributed by atoms with E-state index in [9.17, 15) is 4.79 Å². The molecular formula is C18H23NO3. The van der Waals surface area contributed by atoms with Gasteiger partial charge in [0.15, 0.2) is 0 Å². The Morgan fingerprint density at radius 3 is 2.68 bits per heavy atom. The van der Waals surface area contributed by atoms with E-state index in [-0.39, 0.29) is 6.09 Å². The predicted molar refractivity (Wildman–Crippen MR) is 86.3 cm³/mol. The molecule has 2 aromatic rings. The molecule has 4 heteroatoms. The second-order valence-electron chi connectivity index (χ2n) is 6.11. The summed E-state index contributed by atoms with van der Waals surface area (Å²) in [7, 11) is 0. The molecule has 2 heterocycles. The van der Waals surface area contributed by atoms with E-state index in [2.05, 4.69) is 32.0 Å². The van der Waals surface area contributed by atoms with Crippen LogP contribution in [-0.4, -0.2) is 30.7 Å². The van der Waals surface area contributed by atoms with Gasteiger partial charge in [-0.1, -0.05) is 11.6 Å². The average molecular weight is 301 g/mol. The minimum absolute atomic E-state index is 0.197. The van der Waals surface area contributed by atoms with Crippen LogP contribution in [0.3, 0.4) is 0 Å². The largest absolute Gasteiger partial charge is 0.461 e. The van der Waals surface area contributed by atoms with Crippen LogP contribution in [0, 0.1) is 13.8 Å². The first-order valence-corrected chi connectivity index (χ1v) is 8.01. The van der Waals surface area contributed by atoms with Gasteiger partial charge in [0.1, 0.15) is 11.3 Å². The summed E-state index contributed by atoms with van der Waals surface area (Å²) in [6.45, 7) is 7.93.